The number of carbonyl (C=O) groups excluding carboxylic acids is 2. The van der Waals surface area contributed by atoms with Crippen molar-refractivity contribution in [3.8, 4) is 0 Å². The lowest BCUT2D eigenvalue weighted by Gasteiger charge is -2.09. The number of thioether (sulfide) groups is 1. The van der Waals surface area contributed by atoms with Gasteiger partial charge in [0.15, 0.2) is 0 Å². The Morgan fingerprint density at radius 3 is 2.95 bits per heavy atom. The lowest BCUT2D eigenvalue weighted by molar-refractivity contribution is -0.113. The summed E-state index contributed by atoms with van der Waals surface area (Å²) in [6.45, 7) is 0.526. The third-order valence-corrected chi connectivity index (χ3v) is 4.36. The summed E-state index contributed by atoms with van der Waals surface area (Å²) in [5, 5.41) is 3.70. The molecular weight excluding hydrogens is 298 g/mol. The lowest BCUT2D eigenvalue weighted by atomic mass is 10.1. The molecule has 0 bridgehead atoms. The molecular formula is C16H15N3O2S. The fourth-order valence-electron chi connectivity index (χ4n) is 2.35. The number of nitrogens with zero attached hydrogens (tertiary/aromatic N) is 2. The number of nitrogens with one attached hydrogen (secondary N) is 1. The van der Waals surface area contributed by atoms with Crippen molar-refractivity contribution in [2.24, 2.45) is 0 Å². The number of hydrogen-bond acceptors (Lipinski definition) is 4. The van der Waals surface area contributed by atoms with E-state index in [2.05, 4.69) is 10.3 Å². The molecule has 1 aromatic heterocycles. The van der Waals surface area contributed by atoms with Gasteiger partial charge in [-0.25, -0.2) is 4.98 Å². The average Bonchev–Trinajstić information content (AvgIpc) is 2.83. The predicted octanol–water partition coefficient (Wildman–Crippen LogP) is 2.40. The second-order valence-electron chi connectivity index (χ2n) is 5.00. The van der Waals surface area contributed by atoms with Gasteiger partial charge in [0.25, 0.3) is 5.91 Å². The van der Waals surface area contributed by atoms with Crippen LogP contribution in [-0.2, 0) is 11.3 Å². The molecule has 0 saturated heterocycles. The Kier molecular flexibility index (Phi) is 4.11. The van der Waals surface area contributed by atoms with Gasteiger partial charge in [0.05, 0.1) is 10.8 Å². The minimum atomic E-state index is -0.106. The molecule has 0 unspecified atom stereocenters. The number of amides is 2. The van der Waals surface area contributed by atoms with Crippen LogP contribution in [0.5, 0.6) is 0 Å². The second kappa shape index (κ2) is 6.19. The normalized spacial score (nSPS) is 13.1. The zero-order chi connectivity index (χ0) is 15.5. The largest absolute Gasteiger partial charge is 0.337 e. The predicted molar refractivity (Wildman–Crippen MR) is 85.8 cm³/mol. The highest BCUT2D eigenvalue weighted by Crippen LogP contribution is 2.28. The van der Waals surface area contributed by atoms with E-state index < -0.39 is 0 Å². The Balaban J connectivity index is 1.67. The van der Waals surface area contributed by atoms with Crippen LogP contribution in [0, 0.1) is 0 Å². The highest BCUT2D eigenvalue weighted by atomic mass is 32.2. The van der Waals surface area contributed by atoms with Gasteiger partial charge in [0.1, 0.15) is 0 Å². The first-order valence-electron chi connectivity index (χ1n) is 6.86. The number of fused-ring (bicyclic) bond motifs is 1. The third kappa shape index (κ3) is 2.96. The number of carbonyl (C=O) groups is 2. The van der Waals surface area contributed by atoms with E-state index in [0.717, 1.165) is 10.6 Å². The van der Waals surface area contributed by atoms with Crippen molar-refractivity contribution < 1.29 is 9.59 Å². The number of benzene rings is 1. The highest BCUT2D eigenvalue weighted by molar-refractivity contribution is 7.99. The van der Waals surface area contributed by atoms with Crippen molar-refractivity contribution in [3.05, 3.63) is 53.7 Å². The first kappa shape index (κ1) is 14.6. The van der Waals surface area contributed by atoms with Crippen LogP contribution in [0.2, 0.25) is 0 Å². The fraction of sp³-hybridized carbons (Fsp3) is 0.188. The molecule has 1 aliphatic rings. The molecule has 0 saturated carbocycles. The molecule has 6 heteroatoms. The Hall–Kier alpha value is -2.34. The monoisotopic (exact) mass is 313 g/mol. The summed E-state index contributed by atoms with van der Waals surface area (Å²) in [4.78, 5) is 29.8. The van der Waals surface area contributed by atoms with E-state index in [1.807, 2.05) is 24.3 Å². The van der Waals surface area contributed by atoms with E-state index in [4.69, 9.17) is 0 Å². The molecule has 1 N–H and O–H groups in total. The molecule has 1 aliphatic heterocycles. The Morgan fingerprint density at radius 1 is 1.32 bits per heavy atom. The van der Waals surface area contributed by atoms with E-state index in [9.17, 15) is 9.59 Å². The molecule has 5 nitrogen and oxygen atoms in total. The molecule has 0 spiro atoms. The molecule has 0 fully saturated rings. The maximum atomic E-state index is 12.1. The van der Waals surface area contributed by atoms with Crippen LogP contribution < -0.4 is 5.32 Å². The van der Waals surface area contributed by atoms with E-state index in [1.165, 1.54) is 11.8 Å². The van der Waals surface area contributed by atoms with Crippen LogP contribution >= 0.6 is 11.8 Å². The van der Waals surface area contributed by atoms with Crippen molar-refractivity contribution >= 4 is 29.3 Å². The van der Waals surface area contributed by atoms with Gasteiger partial charge >= 0.3 is 0 Å². The Bertz CT molecular complexity index is 719. The standard InChI is InChI=1S/C16H15N3O2S/c1-19-9-12-11(16(19)21)5-4-6-13(12)18-14(20)10-22-15-7-2-3-8-17-15/h2-8H,9-10H2,1H3,(H,18,20). The van der Waals surface area contributed by atoms with Gasteiger partial charge in [-0.1, -0.05) is 23.9 Å². The third-order valence-electron chi connectivity index (χ3n) is 3.41. The zero-order valence-electron chi connectivity index (χ0n) is 12.1. The minimum absolute atomic E-state index is 0.00559. The van der Waals surface area contributed by atoms with E-state index in [-0.39, 0.29) is 17.6 Å². The van der Waals surface area contributed by atoms with Crippen LogP contribution in [0.25, 0.3) is 0 Å². The Labute approximate surface area is 132 Å². The van der Waals surface area contributed by atoms with Crippen molar-refractivity contribution in [1.82, 2.24) is 9.88 Å². The van der Waals surface area contributed by atoms with Crippen molar-refractivity contribution in [2.45, 2.75) is 11.6 Å². The van der Waals surface area contributed by atoms with Gasteiger partial charge in [0.2, 0.25) is 5.91 Å². The average molecular weight is 313 g/mol. The molecule has 0 aliphatic carbocycles. The first-order chi connectivity index (χ1) is 10.6. The summed E-state index contributed by atoms with van der Waals surface area (Å²) in [6, 6.07) is 11.0. The summed E-state index contributed by atoms with van der Waals surface area (Å²) in [6.07, 6.45) is 1.70. The molecule has 0 radical (unpaired) electrons. The first-order valence-corrected chi connectivity index (χ1v) is 7.85. The topological polar surface area (TPSA) is 62.3 Å². The maximum absolute atomic E-state index is 12.1. The zero-order valence-corrected chi connectivity index (χ0v) is 12.9. The molecule has 3 rings (SSSR count). The number of rotatable bonds is 4. The van der Waals surface area contributed by atoms with Gasteiger partial charge in [-0.2, -0.15) is 0 Å². The van der Waals surface area contributed by atoms with Gasteiger partial charge in [-0.15, -0.1) is 0 Å². The second-order valence-corrected chi connectivity index (χ2v) is 5.99. The number of anilines is 1. The molecule has 22 heavy (non-hydrogen) atoms. The van der Waals surface area contributed by atoms with Crippen LogP contribution in [0.3, 0.4) is 0 Å². The highest BCUT2D eigenvalue weighted by Gasteiger charge is 2.26. The summed E-state index contributed by atoms with van der Waals surface area (Å²) in [5.74, 6) is 0.171. The Morgan fingerprint density at radius 2 is 2.18 bits per heavy atom. The van der Waals surface area contributed by atoms with Gasteiger partial charge in [-0.3, -0.25) is 9.59 Å². The summed E-state index contributed by atoms with van der Waals surface area (Å²) in [7, 11) is 1.75. The molecule has 2 amide bonds. The number of pyridine rings is 1. The summed E-state index contributed by atoms with van der Waals surface area (Å²) >= 11 is 1.38. The van der Waals surface area contributed by atoms with E-state index >= 15 is 0 Å². The molecule has 0 atom stereocenters. The number of hydrogen-bond donors (Lipinski definition) is 1. The number of aromatic nitrogens is 1. The fourth-order valence-corrected chi connectivity index (χ4v) is 3.01. The van der Waals surface area contributed by atoms with Gasteiger partial charge < -0.3 is 10.2 Å². The van der Waals surface area contributed by atoms with E-state index in [1.54, 1.807) is 30.3 Å². The van der Waals surface area contributed by atoms with Crippen LogP contribution in [0.15, 0.2) is 47.6 Å². The minimum Gasteiger partial charge on any atom is -0.337 e. The van der Waals surface area contributed by atoms with Crippen LogP contribution in [0.1, 0.15) is 15.9 Å². The SMILES string of the molecule is CN1Cc2c(NC(=O)CSc3ccccn3)cccc2C1=O. The summed E-state index contributed by atoms with van der Waals surface area (Å²) < 4.78 is 0. The van der Waals surface area contributed by atoms with Crippen molar-refractivity contribution in [3.63, 3.8) is 0 Å². The molecule has 2 aromatic rings. The summed E-state index contributed by atoms with van der Waals surface area (Å²) in [5.41, 5.74) is 2.26. The van der Waals surface area contributed by atoms with E-state index in [0.29, 0.717) is 17.8 Å². The van der Waals surface area contributed by atoms with Gasteiger partial charge in [-0.05, 0) is 24.3 Å². The van der Waals surface area contributed by atoms with Crippen molar-refractivity contribution in [2.75, 3.05) is 18.1 Å². The van der Waals surface area contributed by atoms with Gasteiger partial charge in [0, 0.05) is 36.6 Å². The molecule has 112 valence electrons. The smallest absolute Gasteiger partial charge is 0.254 e. The van der Waals surface area contributed by atoms with Crippen molar-refractivity contribution in [1.29, 1.82) is 0 Å². The van der Waals surface area contributed by atoms with Crippen LogP contribution in [0.4, 0.5) is 5.69 Å². The van der Waals surface area contributed by atoms with Crippen LogP contribution in [-0.4, -0.2) is 34.5 Å². The molecule has 1 aromatic carbocycles. The quantitative estimate of drug-likeness (QED) is 0.881. The lowest BCUT2D eigenvalue weighted by Crippen LogP contribution is -2.17. The molecule has 2 heterocycles. The maximum Gasteiger partial charge on any atom is 0.254 e.